The van der Waals surface area contributed by atoms with Gasteiger partial charge in [0.25, 0.3) is 5.56 Å². The average Bonchev–Trinajstić information content (AvgIpc) is 3.26. The van der Waals surface area contributed by atoms with E-state index in [0.29, 0.717) is 6.07 Å². The summed E-state index contributed by atoms with van der Waals surface area (Å²) in [5.41, 5.74) is 6.71. The summed E-state index contributed by atoms with van der Waals surface area (Å²) < 4.78 is 75.2. The Kier molecular flexibility index (Phi) is 9.25. The van der Waals surface area contributed by atoms with Crippen molar-refractivity contribution >= 4 is 13.7 Å². The number of alkyl halides is 3. The van der Waals surface area contributed by atoms with Crippen LogP contribution in [0.1, 0.15) is 30.7 Å². The molecule has 5 atom stereocenters. The van der Waals surface area contributed by atoms with Crippen LogP contribution in [0.3, 0.4) is 0 Å². The number of benzene rings is 1. The quantitative estimate of drug-likeness (QED) is 0.141. The number of hydrogen-bond donors (Lipinski definition) is 2. The summed E-state index contributed by atoms with van der Waals surface area (Å²) in [5, 5.41) is 5.90. The molecule has 0 aliphatic carbocycles. The number of H-pyrrole nitrogens is 1. The molecule has 3 rings (SSSR count). The van der Waals surface area contributed by atoms with Gasteiger partial charge in [-0.2, -0.15) is 18.3 Å². The third-order valence-corrected chi connectivity index (χ3v) is 7.21. The lowest BCUT2D eigenvalue weighted by molar-refractivity contribution is -0.142. The van der Waals surface area contributed by atoms with E-state index in [1.165, 1.54) is 20.0 Å². The molecule has 14 nitrogen and oxygen atoms in total. The average molecular weight is 576 g/mol. The molecule has 2 heterocycles. The number of methoxy groups -OCH3 is 1. The number of carbonyl (C=O) groups excluding carboxylic acids is 1. The Morgan fingerprint density at radius 1 is 1.41 bits per heavy atom. The molecule has 0 amide bonds. The van der Waals surface area contributed by atoms with Gasteiger partial charge in [0.05, 0.1) is 31.4 Å². The zero-order chi connectivity index (χ0) is 29.0. The van der Waals surface area contributed by atoms with Gasteiger partial charge in [-0.1, -0.05) is 11.2 Å². The number of hydrogen-bond acceptors (Lipinski definition) is 9. The number of aromatic nitrogens is 2. The second-order valence-corrected chi connectivity index (χ2v) is 10.1. The van der Waals surface area contributed by atoms with Crippen molar-refractivity contribution in [3.05, 3.63) is 72.9 Å². The van der Waals surface area contributed by atoms with Gasteiger partial charge >= 0.3 is 25.6 Å². The number of aromatic amines is 1. The first-order chi connectivity index (χ1) is 18.3. The smallest absolute Gasteiger partial charge is 0.459 e. The highest BCUT2D eigenvalue weighted by atomic mass is 31.2. The summed E-state index contributed by atoms with van der Waals surface area (Å²) in [7, 11) is -3.53. The van der Waals surface area contributed by atoms with E-state index in [-0.39, 0.29) is 12.0 Å². The number of ether oxygens (including phenoxy) is 2. The van der Waals surface area contributed by atoms with Crippen LogP contribution >= 0.6 is 7.75 Å². The molecule has 39 heavy (non-hydrogen) atoms. The zero-order valence-corrected chi connectivity index (χ0v) is 21.6. The molecule has 0 spiro atoms. The molecule has 1 unspecified atom stereocenters. The standard InChI is InChI=1S/C21H24F3N6O8P/c1-11-9-30(20(33)26-18(11)31)17-8-15(27-29-25)16(37-17)10-36-39(34,28-12(2)19(32)35-3)38-14-6-4-5-13(7-14)21(22,23)24/h4-7,9,12,15-17H,8,10H2,1-3H3,(H,28,34)(H,26,31,33)/t12-,15-,16+,17+,39?/m0/s1. The van der Waals surface area contributed by atoms with E-state index in [1.807, 2.05) is 0 Å². The van der Waals surface area contributed by atoms with Crippen molar-refractivity contribution < 1.29 is 41.1 Å². The number of azide groups is 1. The number of nitrogens with zero attached hydrogens (tertiary/aromatic N) is 4. The highest BCUT2D eigenvalue weighted by molar-refractivity contribution is 7.52. The normalized spacial score (nSPS) is 21.4. The lowest BCUT2D eigenvalue weighted by Gasteiger charge is -2.25. The summed E-state index contributed by atoms with van der Waals surface area (Å²) in [5.74, 6) is -1.35. The lowest BCUT2D eigenvalue weighted by Crippen LogP contribution is -2.36. The molecule has 2 aromatic rings. The van der Waals surface area contributed by atoms with Crippen LogP contribution in [0.4, 0.5) is 13.2 Å². The van der Waals surface area contributed by atoms with Crippen LogP contribution in [-0.4, -0.2) is 47.4 Å². The highest BCUT2D eigenvalue weighted by Crippen LogP contribution is 2.47. The Balaban J connectivity index is 1.86. The van der Waals surface area contributed by atoms with Crippen molar-refractivity contribution in [3.8, 4) is 5.75 Å². The number of halogens is 3. The minimum absolute atomic E-state index is 0.0335. The Labute approximate surface area is 218 Å². The van der Waals surface area contributed by atoms with E-state index in [9.17, 15) is 32.1 Å². The first kappa shape index (κ1) is 29.9. The topological polar surface area (TPSA) is 187 Å². The van der Waals surface area contributed by atoms with Gasteiger partial charge in [0.1, 0.15) is 18.0 Å². The number of esters is 1. The van der Waals surface area contributed by atoms with Gasteiger partial charge in [-0.3, -0.25) is 23.7 Å². The van der Waals surface area contributed by atoms with Gasteiger partial charge < -0.3 is 14.0 Å². The second-order valence-electron chi connectivity index (χ2n) is 8.40. The molecular weight excluding hydrogens is 552 g/mol. The van der Waals surface area contributed by atoms with E-state index in [4.69, 9.17) is 19.3 Å². The SMILES string of the molecule is COC(=O)[C@H](C)NP(=O)(OC[C@H]1O[C@@H](n2cc(C)c(=O)[nH]c2=O)C[C@@H]1N=[N+]=[N-])Oc1cccc(C(F)(F)F)c1. The number of carbonyl (C=O) groups is 1. The van der Waals surface area contributed by atoms with E-state index in [2.05, 4.69) is 24.8 Å². The molecule has 1 aliphatic heterocycles. The van der Waals surface area contributed by atoms with Crippen LogP contribution in [0, 0.1) is 6.92 Å². The van der Waals surface area contributed by atoms with Crippen LogP contribution in [-0.2, 0) is 29.5 Å². The van der Waals surface area contributed by atoms with Crippen LogP contribution in [0.25, 0.3) is 10.4 Å². The second kappa shape index (κ2) is 12.1. The van der Waals surface area contributed by atoms with Crippen molar-refractivity contribution in [2.75, 3.05) is 13.7 Å². The van der Waals surface area contributed by atoms with Gasteiger partial charge in [-0.15, -0.1) is 0 Å². The van der Waals surface area contributed by atoms with E-state index in [1.54, 1.807) is 0 Å². The highest BCUT2D eigenvalue weighted by Gasteiger charge is 2.40. The fraction of sp³-hybridized carbons (Fsp3) is 0.476. The van der Waals surface area contributed by atoms with Crippen LogP contribution in [0.5, 0.6) is 5.75 Å². The van der Waals surface area contributed by atoms with Crippen molar-refractivity contribution in [1.29, 1.82) is 0 Å². The molecule has 0 bridgehead atoms. The molecule has 1 fully saturated rings. The minimum atomic E-state index is -4.72. The third-order valence-electron chi connectivity index (χ3n) is 5.56. The molecular formula is C21H24F3N6O8P. The van der Waals surface area contributed by atoms with Gasteiger partial charge in [0.2, 0.25) is 0 Å². The van der Waals surface area contributed by atoms with E-state index in [0.717, 1.165) is 29.9 Å². The molecule has 0 saturated carbocycles. The largest absolute Gasteiger partial charge is 0.468 e. The molecule has 1 aliphatic rings. The van der Waals surface area contributed by atoms with Gasteiger partial charge in [-0.05, 0) is 37.6 Å². The number of aryl methyl sites for hydroxylation is 1. The van der Waals surface area contributed by atoms with Gasteiger partial charge in [0, 0.05) is 23.1 Å². The molecule has 1 aromatic heterocycles. The molecule has 18 heteroatoms. The van der Waals surface area contributed by atoms with Crippen molar-refractivity contribution in [3.63, 3.8) is 0 Å². The van der Waals surface area contributed by atoms with Crippen molar-refractivity contribution in [2.45, 2.75) is 50.9 Å². The fourth-order valence-electron chi connectivity index (χ4n) is 3.62. The summed E-state index contributed by atoms with van der Waals surface area (Å²) >= 11 is 0. The Hall–Kier alpha value is -3.62. The van der Waals surface area contributed by atoms with E-state index >= 15 is 0 Å². The minimum Gasteiger partial charge on any atom is -0.468 e. The summed E-state index contributed by atoms with van der Waals surface area (Å²) in [6.07, 6.45) is -5.62. The maximum absolute atomic E-state index is 13.6. The van der Waals surface area contributed by atoms with Gasteiger partial charge in [-0.25, -0.2) is 9.36 Å². The molecule has 1 aromatic carbocycles. The lowest BCUT2D eigenvalue weighted by atomic mass is 10.1. The molecule has 0 radical (unpaired) electrons. The van der Waals surface area contributed by atoms with Crippen LogP contribution < -0.4 is 20.9 Å². The third kappa shape index (κ3) is 7.49. The monoisotopic (exact) mass is 576 g/mol. The first-order valence-electron chi connectivity index (χ1n) is 11.2. The Bertz CT molecular complexity index is 1420. The van der Waals surface area contributed by atoms with Gasteiger partial charge in [0.15, 0.2) is 0 Å². The van der Waals surface area contributed by atoms with Crippen molar-refractivity contribution in [2.24, 2.45) is 5.11 Å². The molecule has 2 N–H and O–H groups in total. The number of rotatable bonds is 10. The Morgan fingerprint density at radius 2 is 2.13 bits per heavy atom. The first-order valence-corrected chi connectivity index (χ1v) is 12.8. The maximum Gasteiger partial charge on any atom is 0.459 e. The van der Waals surface area contributed by atoms with Crippen LogP contribution in [0.15, 0.2) is 45.2 Å². The molecule has 1 saturated heterocycles. The zero-order valence-electron chi connectivity index (χ0n) is 20.7. The molecule has 212 valence electrons. The Morgan fingerprint density at radius 3 is 2.77 bits per heavy atom. The van der Waals surface area contributed by atoms with Crippen molar-refractivity contribution in [1.82, 2.24) is 14.6 Å². The summed E-state index contributed by atoms with van der Waals surface area (Å²) in [6.45, 7) is 2.12. The summed E-state index contributed by atoms with van der Waals surface area (Å²) in [4.78, 5) is 40.7. The predicted octanol–water partition coefficient (Wildman–Crippen LogP) is 3.19. The predicted molar refractivity (Wildman–Crippen MR) is 128 cm³/mol. The maximum atomic E-state index is 13.6. The fourth-order valence-corrected chi connectivity index (χ4v) is 5.11. The van der Waals surface area contributed by atoms with Crippen LogP contribution in [0.2, 0.25) is 0 Å². The number of nitrogens with one attached hydrogen (secondary N) is 2. The van der Waals surface area contributed by atoms with E-state index < -0.39 is 73.5 Å². The summed E-state index contributed by atoms with van der Waals surface area (Å²) in [6, 6.07) is 1.28.